The van der Waals surface area contributed by atoms with Crippen LogP contribution < -0.4 is 10.1 Å². The molecule has 2 aromatic heterocycles. The van der Waals surface area contributed by atoms with Crippen LogP contribution in [-0.4, -0.2) is 36.6 Å². The number of hydrogen-bond acceptors (Lipinski definition) is 8. The predicted octanol–water partition coefficient (Wildman–Crippen LogP) is 5.69. The summed E-state index contributed by atoms with van der Waals surface area (Å²) < 4.78 is 46.0. The van der Waals surface area contributed by atoms with Crippen LogP contribution >= 0.6 is 23.1 Å². The second-order valence-electron chi connectivity index (χ2n) is 8.23. The third-order valence-electron chi connectivity index (χ3n) is 5.61. The summed E-state index contributed by atoms with van der Waals surface area (Å²) in [5.74, 6) is 0.710. The lowest BCUT2D eigenvalue weighted by atomic mass is 9.90. The molecule has 8 nitrogen and oxygen atoms in total. The van der Waals surface area contributed by atoms with E-state index in [2.05, 4.69) is 32.3 Å². The van der Waals surface area contributed by atoms with Crippen molar-refractivity contribution in [1.82, 2.24) is 25.0 Å². The smallest absolute Gasteiger partial charge is 0.416 e. The molecular formula is C23H25F3N6O2S2. The number of halogens is 3. The highest BCUT2D eigenvalue weighted by Gasteiger charge is 2.30. The first-order chi connectivity index (χ1) is 17.3. The van der Waals surface area contributed by atoms with Gasteiger partial charge in [0, 0.05) is 12.5 Å². The molecule has 1 N–H and O–H groups in total. The van der Waals surface area contributed by atoms with Crippen LogP contribution in [0, 0.1) is 0 Å². The average Bonchev–Trinajstić information content (AvgIpc) is 3.49. The summed E-state index contributed by atoms with van der Waals surface area (Å²) in [5.41, 5.74) is -0.795. The molecule has 2 heterocycles. The van der Waals surface area contributed by atoms with Gasteiger partial charge in [0.1, 0.15) is 17.4 Å². The van der Waals surface area contributed by atoms with Crippen LogP contribution in [0.3, 0.4) is 0 Å². The van der Waals surface area contributed by atoms with Crippen LogP contribution in [0.15, 0.2) is 42.1 Å². The minimum absolute atomic E-state index is 0.0659. The van der Waals surface area contributed by atoms with Crippen LogP contribution in [0.25, 0.3) is 0 Å². The zero-order valence-corrected chi connectivity index (χ0v) is 21.0. The highest BCUT2D eigenvalue weighted by atomic mass is 32.2. The molecule has 192 valence electrons. The van der Waals surface area contributed by atoms with E-state index >= 15 is 0 Å². The zero-order chi connectivity index (χ0) is 25.5. The van der Waals surface area contributed by atoms with E-state index in [-0.39, 0.29) is 24.0 Å². The molecule has 4 rings (SSSR count). The molecule has 13 heteroatoms. The summed E-state index contributed by atoms with van der Waals surface area (Å²) in [5, 5.41) is 21.2. The number of anilines is 1. The Kier molecular flexibility index (Phi) is 8.62. The van der Waals surface area contributed by atoms with Gasteiger partial charge < -0.3 is 4.74 Å². The van der Waals surface area contributed by atoms with Crippen LogP contribution in [0.2, 0.25) is 0 Å². The molecule has 36 heavy (non-hydrogen) atoms. The molecule has 0 aliphatic heterocycles. The molecule has 1 fully saturated rings. The van der Waals surface area contributed by atoms with E-state index in [0.29, 0.717) is 28.6 Å². The first-order valence-corrected chi connectivity index (χ1v) is 13.2. The molecule has 0 radical (unpaired) electrons. The van der Waals surface area contributed by atoms with E-state index in [1.54, 1.807) is 10.6 Å². The average molecular weight is 539 g/mol. The summed E-state index contributed by atoms with van der Waals surface area (Å²) in [6.45, 7) is 3.97. The summed E-state index contributed by atoms with van der Waals surface area (Å²) in [6.07, 6.45) is 3.04. The Labute approximate surface area is 214 Å². The van der Waals surface area contributed by atoms with Crippen LogP contribution in [-0.2, 0) is 24.1 Å². The number of allylic oxidation sites excluding steroid dienone is 1. The molecule has 1 aliphatic rings. The van der Waals surface area contributed by atoms with Gasteiger partial charge in [0.25, 0.3) is 0 Å². The van der Waals surface area contributed by atoms with Crippen molar-refractivity contribution in [2.45, 2.75) is 62.5 Å². The monoisotopic (exact) mass is 538 g/mol. The normalized spacial score (nSPS) is 14.5. The number of nitrogens with one attached hydrogen (secondary N) is 1. The molecule has 1 aromatic carbocycles. The molecule has 0 atom stereocenters. The van der Waals surface area contributed by atoms with Crippen molar-refractivity contribution in [2.75, 3.05) is 11.1 Å². The number of nitrogens with zero attached hydrogens (tertiary/aromatic N) is 5. The van der Waals surface area contributed by atoms with Crippen LogP contribution in [0.5, 0.6) is 5.75 Å². The molecule has 1 amide bonds. The maximum absolute atomic E-state index is 12.9. The summed E-state index contributed by atoms with van der Waals surface area (Å²) in [6, 6.07) is 4.63. The number of alkyl halides is 3. The molecule has 3 aromatic rings. The number of thioether (sulfide) groups is 1. The molecule has 1 aliphatic carbocycles. The van der Waals surface area contributed by atoms with Crippen molar-refractivity contribution in [1.29, 1.82) is 0 Å². The highest BCUT2D eigenvalue weighted by Crippen LogP contribution is 2.35. The Morgan fingerprint density at radius 2 is 2.03 bits per heavy atom. The predicted molar refractivity (Wildman–Crippen MR) is 131 cm³/mol. The standard InChI is InChI=1S/C23H25F3N6O2S2/c1-2-11-32-18(13-34-17-10-6-9-16(12-17)23(24,25)26)28-31-22(32)35-14-19(33)27-21-30-29-20(36-21)15-7-4-3-5-8-15/h2,6,9-10,12,15H,1,3-5,7-8,11,13-14H2,(H,27,30,33). The van der Waals surface area contributed by atoms with Gasteiger partial charge in [-0.25, -0.2) is 0 Å². The van der Waals surface area contributed by atoms with Crippen molar-refractivity contribution >= 4 is 34.1 Å². The second-order valence-corrected chi connectivity index (χ2v) is 10.2. The fourth-order valence-corrected chi connectivity index (χ4v) is 5.54. The molecular weight excluding hydrogens is 513 g/mol. The highest BCUT2D eigenvalue weighted by molar-refractivity contribution is 7.99. The fraction of sp³-hybridized carbons (Fsp3) is 0.435. The van der Waals surface area contributed by atoms with E-state index < -0.39 is 11.7 Å². The largest absolute Gasteiger partial charge is 0.486 e. The number of carbonyl (C=O) groups excluding carboxylic acids is 1. The Balaban J connectivity index is 1.33. The number of rotatable bonds is 10. The second kappa shape index (κ2) is 11.9. The summed E-state index contributed by atoms with van der Waals surface area (Å²) in [4.78, 5) is 12.5. The lowest BCUT2D eigenvalue weighted by molar-refractivity contribution is -0.137. The zero-order valence-electron chi connectivity index (χ0n) is 19.3. The van der Waals surface area contributed by atoms with Crippen molar-refractivity contribution < 1.29 is 22.7 Å². The summed E-state index contributed by atoms with van der Waals surface area (Å²) in [7, 11) is 0. The van der Waals surface area contributed by atoms with Crippen molar-refractivity contribution in [3.05, 3.63) is 53.3 Å². The van der Waals surface area contributed by atoms with E-state index in [0.717, 1.165) is 30.0 Å². The topological polar surface area (TPSA) is 94.8 Å². The first kappa shape index (κ1) is 26.1. The van der Waals surface area contributed by atoms with Crippen molar-refractivity contribution in [2.24, 2.45) is 0 Å². The summed E-state index contributed by atoms with van der Waals surface area (Å²) >= 11 is 2.59. The van der Waals surface area contributed by atoms with Crippen molar-refractivity contribution in [3.63, 3.8) is 0 Å². The molecule has 0 bridgehead atoms. The van der Waals surface area contributed by atoms with Gasteiger partial charge >= 0.3 is 6.18 Å². The van der Waals surface area contributed by atoms with Gasteiger partial charge in [-0.05, 0) is 31.0 Å². The van der Waals surface area contributed by atoms with Crippen LogP contribution in [0.4, 0.5) is 18.3 Å². The van der Waals surface area contributed by atoms with Gasteiger partial charge in [0.05, 0.1) is 11.3 Å². The number of carbonyl (C=O) groups is 1. The van der Waals surface area contributed by atoms with Gasteiger partial charge in [-0.15, -0.1) is 27.0 Å². The maximum atomic E-state index is 12.9. The Morgan fingerprint density at radius 3 is 2.78 bits per heavy atom. The maximum Gasteiger partial charge on any atom is 0.416 e. The Morgan fingerprint density at radius 1 is 1.22 bits per heavy atom. The van der Waals surface area contributed by atoms with Gasteiger partial charge in [0.15, 0.2) is 11.0 Å². The Bertz CT molecular complexity index is 1190. The van der Waals surface area contributed by atoms with Gasteiger partial charge in [-0.3, -0.25) is 14.7 Å². The van der Waals surface area contributed by atoms with Crippen molar-refractivity contribution in [3.8, 4) is 5.75 Å². The third-order valence-corrected chi connectivity index (χ3v) is 7.58. The lowest BCUT2D eigenvalue weighted by Gasteiger charge is -2.18. The Hall–Kier alpha value is -2.93. The number of hydrogen-bond donors (Lipinski definition) is 1. The minimum atomic E-state index is -4.46. The minimum Gasteiger partial charge on any atom is -0.486 e. The fourth-order valence-electron chi connectivity index (χ4n) is 3.84. The van der Waals surface area contributed by atoms with E-state index in [4.69, 9.17) is 4.74 Å². The molecule has 0 spiro atoms. The lowest BCUT2D eigenvalue weighted by Crippen LogP contribution is -2.15. The van der Waals surface area contributed by atoms with E-state index in [9.17, 15) is 18.0 Å². The first-order valence-electron chi connectivity index (χ1n) is 11.4. The van der Waals surface area contributed by atoms with E-state index in [1.165, 1.54) is 54.5 Å². The third kappa shape index (κ3) is 6.84. The number of ether oxygens (including phenoxy) is 1. The molecule has 0 unspecified atom stereocenters. The number of amides is 1. The van der Waals surface area contributed by atoms with Gasteiger partial charge in [0.2, 0.25) is 11.0 Å². The molecule has 1 saturated carbocycles. The van der Waals surface area contributed by atoms with E-state index in [1.807, 2.05) is 0 Å². The van der Waals surface area contributed by atoms with Gasteiger partial charge in [-0.1, -0.05) is 54.5 Å². The number of benzene rings is 1. The molecule has 0 saturated heterocycles. The van der Waals surface area contributed by atoms with Gasteiger partial charge in [-0.2, -0.15) is 13.2 Å². The SMILES string of the molecule is C=CCn1c(COc2cccc(C(F)(F)F)c2)nnc1SCC(=O)Nc1nnc(C2CCCCC2)s1. The number of aromatic nitrogens is 5. The quantitative estimate of drug-likeness (QED) is 0.262. The van der Waals surface area contributed by atoms with Crippen LogP contribution in [0.1, 0.15) is 54.4 Å².